The highest BCUT2D eigenvalue weighted by Crippen LogP contribution is 2.36. The van der Waals surface area contributed by atoms with Gasteiger partial charge in [-0.1, -0.05) is 82.3 Å². The fraction of sp³-hybridized carbons (Fsp3) is 0.465. The van der Waals surface area contributed by atoms with Gasteiger partial charge >= 0.3 is 6.09 Å². The topological polar surface area (TPSA) is 167 Å². The molecule has 4 aromatic rings. The Kier molecular flexibility index (Phi) is 12.2. The number of ether oxygens (including phenoxy) is 3. The number of methoxy groups -OCH3 is 1. The van der Waals surface area contributed by atoms with Crippen molar-refractivity contribution in [1.29, 1.82) is 0 Å². The van der Waals surface area contributed by atoms with Gasteiger partial charge < -0.3 is 39.3 Å². The fourth-order valence-electron chi connectivity index (χ4n) is 8.05. The predicted octanol–water partition coefficient (Wildman–Crippen LogP) is 6.47. The quantitative estimate of drug-likeness (QED) is 0.105. The van der Waals surface area contributed by atoms with E-state index in [1.165, 1.54) is 7.11 Å². The smallest absolute Gasteiger partial charge is 0.407 e. The van der Waals surface area contributed by atoms with Crippen molar-refractivity contribution in [3.63, 3.8) is 0 Å². The maximum absolute atomic E-state index is 13.7. The zero-order valence-electron chi connectivity index (χ0n) is 33.4. The van der Waals surface area contributed by atoms with Crippen LogP contribution in [-0.2, 0) is 30.2 Å². The second kappa shape index (κ2) is 17.5. The van der Waals surface area contributed by atoms with Crippen molar-refractivity contribution < 1.29 is 28.6 Å². The number of allylic oxidation sites excluding steroid dienone is 1. The van der Waals surface area contributed by atoms with Gasteiger partial charge in [0.25, 0.3) is 0 Å². The van der Waals surface area contributed by atoms with E-state index in [4.69, 9.17) is 24.2 Å². The van der Waals surface area contributed by atoms with Gasteiger partial charge in [-0.05, 0) is 54.2 Å². The first kappa shape index (κ1) is 39.9. The Balaban J connectivity index is 1.04. The van der Waals surface area contributed by atoms with E-state index in [0.717, 1.165) is 76.7 Å². The van der Waals surface area contributed by atoms with E-state index in [0.29, 0.717) is 19.5 Å². The number of nitrogens with one attached hydrogen (secondary N) is 4. The van der Waals surface area contributed by atoms with E-state index >= 15 is 0 Å². The Morgan fingerprint density at radius 1 is 0.842 bits per heavy atom. The molecule has 14 heteroatoms. The molecule has 3 fully saturated rings. The second-order valence-electron chi connectivity index (χ2n) is 15.7. The Morgan fingerprint density at radius 3 is 1.95 bits per heavy atom. The minimum atomic E-state index is -0.701. The van der Waals surface area contributed by atoms with E-state index < -0.39 is 24.6 Å². The Hall–Kier alpha value is -5.31. The number of hydrogen-bond donors (Lipinski definition) is 4. The van der Waals surface area contributed by atoms with Crippen molar-refractivity contribution >= 4 is 17.9 Å². The van der Waals surface area contributed by atoms with Crippen LogP contribution in [-0.4, -0.2) is 93.1 Å². The van der Waals surface area contributed by atoms with Crippen LogP contribution in [0.5, 0.6) is 0 Å². The van der Waals surface area contributed by atoms with Gasteiger partial charge in [-0.25, -0.2) is 14.8 Å². The van der Waals surface area contributed by atoms with Crippen molar-refractivity contribution in [2.75, 3.05) is 27.0 Å². The van der Waals surface area contributed by atoms with Crippen LogP contribution >= 0.6 is 0 Å². The number of carbonyl (C=O) groups excluding carboxylic acids is 3. The lowest BCUT2D eigenvalue weighted by molar-refractivity contribution is -0.335. The fourth-order valence-corrected chi connectivity index (χ4v) is 8.05. The number of H-pyrrole nitrogens is 2. The number of likely N-dealkylation sites (tertiary alicyclic amines) is 2. The summed E-state index contributed by atoms with van der Waals surface area (Å²) in [5.74, 6) is 1.35. The molecule has 14 nitrogen and oxygen atoms in total. The molecule has 0 unspecified atom stereocenters. The molecule has 7 rings (SSSR count). The number of aromatic nitrogens is 4. The molecule has 0 radical (unpaired) electrons. The van der Waals surface area contributed by atoms with Crippen LogP contribution in [0.2, 0.25) is 0 Å². The lowest BCUT2D eigenvalue weighted by atomic mass is 10.0. The van der Waals surface area contributed by atoms with Gasteiger partial charge in [0.2, 0.25) is 18.2 Å². The Labute approximate surface area is 333 Å². The first-order valence-corrected chi connectivity index (χ1v) is 20.0. The summed E-state index contributed by atoms with van der Waals surface area (Å²) in [6.45, 7) is 13.3. The number of amides is 3. The Morgan fingerprint density at radius 2 is 1.40 bits per heavy atom. The zero-order chi connectivity index (χ0) is 40.2. The summed E-state index contributed by atoms with van der Waals surface area (Å²) in [6, 6.07) is 15.2. The van der Waals surface area contributed by atoms with Gasteiger partial charge in [0.15, 0.2) is 6.79 Å². The van der Waals surface area contributed by atoms with E-state index in [2.05, 4.69) is 75.7 Å². The molecule has 3 saturated heterocycles. The molecular formula is C43H54N8O6. The molecule has 2 aromatic carbocycles. The summed E-state index contributed by atoms with van der Waals surface area (Å²) < 4.78 is 15.5. The third-order valence-corrected chi connectivity index (χ3v) is 11.2. The van der Waals surface area contributed by atoms with Crippen molar-refractivity contribution in [2.24, 2.45) is 11.8 Å². The molecule has 0 spiro atoms. The molecule has 3 aliphatic rings. The van der Waals surface area contributed by atoms with Crippen molar-refractivity contribution in [2.45, 2.75) is 90.4 Å². The molecule has 0 saturated carbocycles. The van der Waals surface area contributed by atoms with Crippen LogP contribution in [0.25, 0.3) is 33.6 Å². The van der Waals surface area contributed by atoms with Crippen LogP contribution in [0.3, 0.4) is 0 Å². The van der Waals surface area contributed by atoms with Crippen LogP contribution < -0.4 is 10.6 Å². The minimum absolute atomic E-state index is 0.0307. The molecule has 302 valence electrons. The number of nitrogens with zero attached hydrogens (tertiary/aromatic N) is 4. The van der Waals surface area contributed by atoms with Crippen molar-refractivity contribution in [3.8, 4) is 33.6 Å². The highest BCUT2D eigenvalue weighted by molar-refractivity contribution is 5.86. The van der Waals surface area contributed by atoms with Crippen LogP contribution in [0, 0.1) is 11.8 Å². The molecule has 2 aromatic heterocycles. The standard InChI is InChI=1S/C43H54N8O6/c1-7-10-31-37(47-39(45-31)34-12-9-22-51(34)40(52)35(25(2)3)48-42(54)55-6)30-19-15-28(16-20-30)27-13-17-29(18-14-27)32-23-44-38(46-32)33-11-8-21-50(33)41(53)36(26(4)5)49-43-56-24-57-43/h7,13-20,23,25-26,33-36,43,49H,1,8-12,21-22,24H2,2-6H3,(H,44,46)(H,45,47)(H,48,54)/t33-,34-,35-,36-/m0/s1. The summed E-state index contributed by atoms with van der Waals surface area (Å²) in [5.41, 5.74) is 6.75. The number of hydrogen-bond acceptors (Lipinski definition) is 9. The predicted molar refractivity (Wildman–Crippen MR) is 215 cm³/mol. The highest BCUT2D eigenvalue weighted by atomic mass is 16.9. The SMILES string of the molecule is C=CCc1[nH]c([C@@H]2CCCN2C(=O)[C@@H](NC(=O)OC)C(C)C)nc1-c1ccc(-c2ccc(-c3cnc([C@@H]4CCCN4C(=O)[C@@H](NC4OCO4)C(C)C)[nH]3)cc2)cc1. The van der Waals surface area contributed by atoms with Crippen LogP contribution in [0.4, 0.5) is 4.79 Å². The highest BCUT2D eigenvalue weighted by Gasteiger charge is 2.40. The van der Waals surface area contributed by atoms with Crippen LogP contribution in [0.15, 0.2) is 67.4 Å². The normalized spacial score (nSPS) is 19.5. The van der Waals surface area contributed by atoms with Gasteiger partial charge in [0.05, 0.1) is 42.8 Å². The van der Waals surface area contributed by atoms with Gasteiger partial charge in [-0.2, -0.15) is 0 Å². The van der Waals surface area contributed by atoms with E-state index in [9.17, 15) is 14.4 Å². The second-order valence-corrected chi connectivity index (χ2v) is 15.7. The Bertz CT molecular complexity index is 2040. The maximum atomic E-state index is 13.7. The first-order valence-electron chi connectivity index (χ1n) is 20.0. The molecule has 5 heterocycles. The lowest BCUT2D eigenvalue weighted by Gasteiger charge is -2.35. The third-order valence-electron chi connectivity index (χ3n) is 11.2. The summed E-state index contributed by atoms with van der Waals surface area (Å²) in [7, 11) is 1.29. The molecular weight excluding hydrogens is 725 g/mol. The zero-order valence-corrected chi connectivity index (χ0v) is 33.4. The number of rotatable bonds is 14. The number of alkyl carbamates (subject to hydrolysis) is 1. The monoisotopic (exact) mass is 778 g/mol. The van der Waals surface area contributed by atoms with Gasteiger partial charge in [-0.15, -0.1) is 6.58 Å². The van der Waals surface area contributed by atoms with Gasteiger partial charge in [0, 0.05) is 30.8 Å². The van der Waals surface area contributed by atoms with Gasteiger partial charge in [-0.3, -0.25) is 14.9 Å². The molecule has 0 aliphatic carbocycles. The van der Waals surface area contributed by atoms with Crippen LogP contribution in [0.1, 0.15) is 82.8 Å². The number of aromatic amines is 2. The summed E-state index contributed by atoms with van der Waals surface area (Å²) in [6.07, 6.45) is 6.47. The summed E-state index contributed by atoms with van der Waals surface area (Å²) >= 11 is 0. The maximum Gasteiger partial charge on any atom is 0.407 e. The number of imidazole rings is 2. The number of carbonyl (C=O) groups is 3. The van der Waals surface area contributed by atoms with Crippen molar-refractivity contribution in [3.05, 3.63) is 84.7 Å². The largest absolute Gasteiger partial charge is 0.453 e. The van der Waals surface area contributed by atoms with E-state index in [1.54, 1.807) is 0 Å². The van der Waals surface area contributed by atoms with E-state index in [1.807, 2.05) is 49.8 Å². The molecule has 3 aliphatic heterocycles. The van der Waals surface area contributed by atoms with E-state index in [-0.39, 0.29) is 42.5 Å². The average molecular weight is 779 g/mol. The summed E-state index contributed by atoms with van der Waals surface area (Å²) in [5, 5.41) is 5.92. The average Bonchev–Trinajstić information content (AvgIpc) is 4.03. The molecule has 4 atom stereocenters. The molecule has 57 heavy (non-hydrogen) atoms. The van der Waals surface area contributed by atoms with Gasteiger partial charge in [0.1, 0.15) is 17.7 Å². The lowest BCUT2D eigenvalue weighted by Crippen LogP contribution is -2.56. The third kappa shape index (κ3) is 8.53. The summed E-state index contributed by atoms with van der Waals surface area (Å²) in [4.78, 5) is 60.0. The molecule has 3 amide bonds. The molecule has 4 N–H and O–H groups in total. The van der Waals surface area contributed by atoms with Crippen molar-refractivity contribution in [1.82, 2.24) is 40.4 Å². The number of benzene rings is 2. The molecule has 0 bridgehead atoms. The minimum Gasteiger partial charge on any atom is -0.453 e. The first-order chi connectivity index (χ1) is 27.6.